The van der Waals surface area contributed by atoms with Crippen LogP contribution < -0.4 is 15.6 Å². The second-order valence-corrected chi connectivity index (χ2v) is 8.26. The second-order valence-electron chi connectivity index (χ2n) is 7.88. The van der Waals surface area contributed by atoms with Gasteiger partial charge in [0.2, 0.25) is 0 Å². The molecular formula is C26H26N4O2S. The molecule has 0 spiro atoms. The van der Waals surface area contributed by atoms with E-state index in [0.717, 1.165) is 27.8 Å². The van der Waals surface area contributed by atoms with Gasteiger partial charge < -0.3 is 19.9 Å². The van der Waals surface area contributed by atoms with Crippen molar-refractivity contribution in [2.75, 3.05) is 7.11 Å². The van der Waals surface area contributed by atoms with Gasteiger partial charge in [0.05, 0.1) is 19.7 Å². The molecule has 0 amide bonds. The molecule has 4 aromatic rings. The fraction of sp³-hybridized carbons (Fsp3) is 0.192. The summed E-state index contributed by atoms with van der Waals surface area (Å²) >= 11 is 5.79. The van der Waals surface area contributed by atoms with Gasteiger partial charge in [-0.2, -0.15) is 0 Å². The average molecular weight is 459 g/mol. The van der Waals surface area contributed by atoms with Crippen LogP contribution in [0.1, 0.15) is 29.7 Å². The standard InChI is InChI=1S/C26H26N4O2S/c1-18(20-8-4-3-5-9-20)28-26(33)30(16-19-7-6-12-27-15-19)17-22-13-21-14-23(32-2)10-11-24(21)29-25(22)31/h3-15,18H,16-17H2,1-2H3,(H,28,33)(H,29,31). The van der Waals surface area contributed by atoms with Gasteiger partial charge in [0, 0.05) is 35.4 Å². The predicted molar refractivity (Wildman–Crippen MR) is 135 cm³/mol. The molecule has 1 unspecified atom stereocenters. The zero-order valence-corrected chi connectivity index (χ0v) is 19.4. The van der Waals surface area contributed by atoms with Crippen molar-refractivity contribution in [1.29, 1.82) is 0 Å². The molecule has 6 nitrogen and oxygen atoms in total. The van der Waals surface area contributed by atoms with Crippen LogP contribution in [-0.4, -0.2) is 27.1 Å². The van der Waals surface area contributed by atoms with Crippen molar-refractivity contribution in [3.05, 3.63) is 106 Å². The highest BCUT2D eigenvalue weighted by atomic mass is 32.1. The molecule has 0 aliphatic heterocycles. The summed E-state index contributed by atoms with van der Waals surface area (Å²) in [6.45, 7) is 2.94. The number of pyridine rings is 2. The van der Waals surface area contributed by atoms with E-state index in [0.29, 0.717) is 23.8 Å². The van der Waals surface area contributed by atoms with Crippen LogP contribution in [-0.2, 0) is 13.1 Å². The van der Waals surface area contributed by atoms with E-state index in [2.05, 4.69) is 34.3 Å². The third-order valence-electron chi connectivity index (χ3n) is 5.51. The summed E-state index contributed by atoms with van der Waals surface area (Å²) in [6, 6.07) is 21.5. The molecule has 0 aliphatic rings. The van der Waals surface area contributed by atoms with Crippen LogP contribution in [0.25, 0.3) is 10.9 Å². The number of aromatic nitrogens is 2. The minimum atomic E-state index is -0.136. The van der Waals surface area contributed by atoms with Gasteiger partial charge in [-0.3, -0.25) is 9.78 Å². The summed E-state index contributed by atoms with van der Waals surface area (Å²) in [5.41, 5.74) is 3.39. The van der Waals surface area contributed by atoms with E-state index in [1.54, 1.807) is 13.3 Å². The molecule has 0 saturated carbocycles. The maximum absolute atomic E-state index is 12.9. The molecule has 7 heteroatoms. The Morgan fingerprint density at radius 3 is 2.67 bits per heavy atom. The van der Waals surface area contributed by atoms with E-state index in [9.17, 15) is 4.79 Å². The molecule has 4 rings (SSSR count). The van der Waals surface area contributed by atoms with Crippen molar-refractivity contribution in [1.82, 2.24) is 20.2 Å². The highest BCUT2D eigenvalue weighted by Crippen LogP contribution is 2.20. The number of H-pyrrole nitrogens is 1. The zero-order chi connectivity index (χ0) is 23.2. The Kier molecular flexibility index (Phi) is 7.00. The third-order valence-corrected chi connectivity index (χ3v) is 5.89. The third kappa shape index (κ3) is 5.56. The Labute approximate surface area is 198 Å². The number of nitrogens with one attached hydrogen (secondary N) is 2. The van der Waals surface area contributed by atoms with Crippen molar-refractivity contribution in [2.24, 2.45) is 0 Å². The minimum Gasteiger partial charge on any atom is -0.497 e. The molecule has 0 fully saturated rings. The van der Waals surface area contributed by atoms with Gasteiger partial charge >= 0.3 is 0 Å². The lowest BCUT2D eigenvalue weighted by Crippen LogP contribution is -2.41. The molecule has 33 heavy (non-hydrogen) atoms. The Bertz CT molecular complexity index is 1290. The van der Waals surface area contributed by atoms with Crippen molar-refractivity contribution in [2.45, 2.75) is 26.1 Å². The number of benzene rings is 2. The van der Waals surface area contributed by atoms with Crippen LogP contribution in [0.3, 0.4) is 0 Å². The number of thiocarbonyl (C=S) groups is 1. The zero-order valence-electron chi connectivity index (χ0n) is 18.6. The lowest BCUT2D eigenvalue weighted by molar-refractivity contribution is 0.391. The molecule has 2 aromatic heterocycles. The minimum absolute atomic E-state index is 0.0225. The number of nitrogens with zero attached hydrogens (tertiary/aromatic N) is 2. The molecule has 168 valence electrons. The fourth-order valence-electron chi connectivity index (χ4n) is 3.69. The first-order valence-electron chi connectivity index (χ1n) is 10.7. The van der Waals surface area contributed by atoms with E-state index in [1.165, 1.54) is 0 Å². The number of fused-ring (bicyclic) bond motifs is 1. The number of hydrogen-bond acceptors (Lipinski definition) is 4. The molecular weight excluding hydrogens is 432 g/mol. The van der Waals surface area contributed by atoms with E-state index in [4.69, 9.17) is 17.0 Å². The topological polar surface area (TPSA) is 70.2 Å². The van der Waals surface area contributed by atoms with E-state index in [-0.39, 0.29) is 11.6 Å². The molecule has 2 aromatic carbocycles. The summed E-state index contributed by atoms with van der Waals surface area (Å²) < 4.78 is 5.34. The van der Waals surface area contributed by atoms with Crippen molar-refractivity contribution in [3.63, 3.8) is 0 Å². The van der Waals surface area contributed by atoms with Gasteiger partial charge in [0.15, 0.2) is 5.11 Å². The maximum Gasteiger partial charge on any atom is 0.253 e. The number of aromatic amines is 1. The summed E-state index contributed by atoms with van der Waals surface area (Å²) in [7, 11) is 1.63. The number of rotatable bonds is 7. The van der Waals surface area contributed by atoms with Gasteiger partial charge in [0.1, 0.15) is 5.75 Å². The Balaban J connectivity index is 1.62. The lowest BCUT2D eigenvalue weighted by Gasteiger charge is -2.28. The van der Waals surface area contributed by atoms with Gasteiger partial charge in [-0.25, -0.2) is 0 Å². The van der Waals surface area contributed by atoms with Crippen molar-refractivity contribution >= 4 is 28.2 Å². The smallest absolute Gasteiger partial charge is 0.253 e. The molecule has 0 radical (unpaired) electrons. The largest absolute Gasteiger partial charge is 0.497 e. The first kappa shape index (κ1) is 22.5. The van der Waals surface area contributed by atoms with Gasteiger partial charge in [-0.05, 0) is 60.6 Å². The molecule has 2 heterocycles. The second kappa shape index (κ2) is 10.3. The lowest BCUT2D eigenvalue weighted by atomic mass is 10.1. The van der Waals surface area contributed by atoms with Gasteiger partial charge in [-0.1, -0.05) is 36.4 Å². The number of hydrogen-bond donors (Lipinski definition) is 2. The number of methoxy groups -OCH3 is 1. The molecule has 0 bridgehead atoms. The SMILES string of the molecule is COc1ccc2[nH]c(=O)c(CN(Cc3cccnc3)C(=S)NC(C)c3ccccc3)cc2c1. The normalized spacial score (nSPS) is 11.7. The fourth-order valence-corrected chi connectivity index (χ4v) is 4.00. The van der Waals surface area contributed by atoms with E-state index < -0.39 is 0 Å². The van der Waals surface area contributed by atoms with Crippen LogP contribution in [0.4, 0.5) is 0 Å². The molecule has 0 aliphatic carbocycles. The number of ether oxygens (including phenoxy) is 1. The summed E-state index contributed by atoms with van der Waals surface area (Å²) in [4.78, 5) is 22.0. The maximum atomic E-state index is 12.9. The quantitative estimate of drug-likeness (QED) is 0.396. The predicted octanol–water partition coefficient (Wildman–Crippen LogP) is 4.57. The van der Waals surface area contributed by atoms with E-state index in [1.807, 2.05) is 65.7 Å². The first-order valence-corrected chi connectivity index (χ1v) is 11.1. The highest BCUT2D eigenvalue weighted by Gasteiger charge is 2.17. The van der Waals surface area contributed by atoms with E-state index >= 15 is 0 Å². The van der Waals surface area contributed by atoms with Crippen molar-refractivity contribution in [3.8, 4) is 5.75 Å². The Hall–Kier alpha value is -3.71. The first-order chi connectivity index (χ1) is 16.0. The summed E-state index contributed by atoms with van der Waals surface area (Å²) in [5, 5.41) is 4.89. The van der Waals surface area contributed by atoms with Gasteiger partial charge in [-0.15, -0.1) is 0 Å². The van der Waals surface area contributed by atoms with Crippen molar-refractivity contribution < 1.29 is 4.74 Å². The summed E-state index contributed by atoms with van der Waals surface area (Å²) in [5.74, 6) is 0.738. The Morgan fingerprint density at radius 1 is 1.12 bits per heavy atom. The van der Waals surface area contributed by atoms with Crippen LogP contribution in [0.15, 0.2) is 83.9 Å². The van der Waals surface area contributed by atoms with Gasteiger partial charge in [0.25, 0.3) is 5.56 Å². The van der Waals surface area contributed by atoms with Crippen LogP contribution in [0.5, 0.6) is 5.75 Å². The monoisotopic (exact) mass is 458 g/mol. The highest BCUT2D eigenvalue weighted by molar-refractivity contribution is 7.80. The van der Waals surface area contributed by atoms with Crippen LogP contribution in [0, 0.1) is 0 Å². The van der Waals surface area contributed by atoms with Crippen LogP contribution in [0.2, 0.25) is 0 Å². The molecule has 0 saturated heterocycles. The average Bonchev–Trinajstić information content (AvgIpc) is 2.84. The molecule has 1 atom stereocenters. The summed E-state index contributed by atoms with van der Waals surface area (Å²) in [6.07, 6.45) is 3.55. The van der Waals surface area contributed by atoms with Crippen LogP contribution >= 0.6 is 12.2 Å². The Morgan fingerprint density at radius 2 is 1.94 bits per heavy atom. The molecule has 2 N–H and O–H groups in total.